The highest BCUT2D eigenvalue weighted by atomic mass is 35.5. The standard InChI is InChI=1S/C14H19ClO/c1-10(16-2)9-12-8-7-11-5-3-4-6-13(11)14(12)15/h3-6,10,12,14H,7-9H2,1-2H3. The zero-order chi connectivity index (χ0) is 11.5. The summed E-state index contributed by atoms with van der Waals surface area (Å²) in [5, 5.41) is 0.155. The van der Waals surface area contributed by atoms with Crippen LogP contribution in [-0.4, -0.2) is 13.2 Å². The van der Waals surface area contributed by atoms with Crippen LogP contribution in [0.15, 0.2) is 24.3 Å². The van der Waals surface area contributed by atoms with Crippen molar-refractivity contribution in [3.05, 3.63) is 35.4 Å². The van der Waals surface area contributed by atoms with Gasteiger partial charge in [-0.1, -0.05) is 24.3 Å². The molecule has 0 saturated heterocycles. The van der Waals surface area contributed by atoms with Crippen LogP contribution in [0.5, 0.6) is 0 Å². The Hall–Kier alpha value is -0.530. The zero-order valence-electron chi connectivity index (χ0n) is 9.95. The van der Waals surface area contributed by atoms with Gasteiger partial charge in [-0.15, -0.1) is 11.6 Å². The molecule has 0 heterocycles. The van der Waals surface area contributed by atoms with Gasteiger partial charge >= 0.3 is 0 Å². The maximum absolute atomic E-state index is 6.56. The minimum absolute atomic E-state index is 0.155. The van der Waals surface area contributed by atoms with Crippen molar-refractivity contribution in [1.82, 2.24) is 0 Å². The highest BCUT2D eigenvalue weighted by Crippen LogP contribution is 2.41. The van der Waals surface area contributed by atoms with Crippen LogP contribution in [0.25, 0.3) is 0 Å². The summed E-state index contributed by atoms with van der Waals surface area (Å²) >= 11 is 6.56. The van der Waals surface area contributed by atoms with Gasteiger partial charge in [0, 0.05) is 7.11 Å². The van der Waals surface area contributed by atoms with Crippen LogP contribution in [0.4, 0.5) is 0 Å². The van der Waals surface area contributed by atoms with Gasteiger partial charge in [-0.2, -0.15) is 0 Å². The van der Waals surface area contributed by atoms with Gasteiger partial charge in [-0.3, -0.25) is 0 Å². The first kappa shape index (κ1) is 11.9. The molecule has 0 fully saturated rings. The first-order valence-corrected chi connectivity index (χ1v) is 6.40. The molecule has 16 heavy (non-hydrogen) atoms. The van der Waals surface area contributed by atoms with Gasteiger partial charge in [0.25, 0.3) is 0 Å². The molecule has 0 bridgehead atoms. The molecule has 1 nitrogen and oxygen atoms in total. The summed E-state index contributed by atoms with van der Waals surface area (Å²) in [6, 6.07) is 8.54. The lowest BCUT2D eigenvalue weighted by Gasteiger charge is -2.31. The number of benzene rings is 1. The average molecular weight is 239 g/mol. The number of hydrogen-bond acceptors (Lipinski definition) is 1. The van der Waals surface area contributed by atoms with Crippen molar-refractivity contribution >= 4 is 11.6 Å². The Morgan fingerprint density at radius 1 is 1.44 bits per heavy atom. The predicted octanol–water partition coefficient (Wildman–Crippen LogP) is 3.95. The fraction of sp³-hybridized carbons (Fsp3) is 0.571. The number of hydrogen-bond donors (Lipinski definition) is 0. The van der Waals surface area contributed by atoms with Crippen LogP contribution in [0.3, 0.4) is 0 Å². The van der Waals surface area contributed by atoms with E-state index in [2.05, 4.69) is 31.2 Å². The zero-order valence-corrected chi connectivity index (χ0v) is 10.7. The first-order valence-electron chi connectivity index (χ1n) is 5.97. The molecule has 2 heteroatoms. The summed E-state index contributed by atoms with van der Waals surface area (Å²) in [6.45, 7) is 2.12. The minimum Gasteiger partial charge on any atom is -0.382 e. The molecule has 0 radical (unpaired) electrons. The van der Waals surface area contributed by atoms with E-state index >= 15 is 0 Å². The SMILES string of the molecule is COC(C)CC1CCc2ccccc2C1Cl. The molecule has 0 aliphatic heterocycles. The third kappa shape index (κ3) is 2.41. The molecule has 1 aromatic carbocycles. The monoisotopic (exact) mass is 238 g/mol. The van der Waals surface area contributed by atoms with Crippen molar-refractivity contribution in [3.63, 3.8) is 0 Å². The quantitative estimate of drug-likeness (QED) is 0.725. The maximum atomic E-state index is 6.56. The van der Waals surface area contributed by atoms with Gasteiger partial charge in [-0.05, 0) is 43.2 Å². The molecule has 0 aromatic heterocycles. The van der Waals surface area contributed by atoms with Crippen molar-refractivity contribution in [3.8, 4) is 0 Å². The van der Waals surface area contributed by atoms with Gasteiger partial charge in [0.15, 0.2) is 0 Å². The lowest BCUT2D eigenvalue weighted by Crippen LogP contribution is -2.21. The van der Waals surface area contributed by atoms with Crippen LogP contribution in [0.2, 0.25) is 0 Å². The van der Waals surface area contributed by atoms with E-state index in [0.717, 1.165) is 12.8 Å². The lowest BCUT2D eigenvalue weighted by molar-refractivity contribution is 0.0916. The lowest BCUT2D eigenvalue weighted by atomic mass is 9.81. The Morgan fingerprint density at radius 2 is 2.19 bits per heavy atom. The number of fused-ring (bicyclic) bond motifs is 1. The van der Waals surface area contributed by atoms with E-state index in [0.29, 0.717) is 12.0 Å². The molecular formula is C14H19ClO. The van der Waals surface area contributed by atoms with E-state index in [1.165, 1.54) is 17.5 Å². The van der Waals surface area contributed by atoms with E-state index < -0.39 is 0 Å². The molecule has 3 unspecified atom stereocenters. The van der Waals surface area contributed by atoms with Crippen LogP contribution >= 0.6 is 11.6 Å². The summed E-state index contributed by atoms with van der Waals surface area (Å²) in [5.41, 5.74) is 2.74. The summed E-state index contributed by atoms with van der Waals surface area (Å²) in [4.78, 5) is 0. The molecule has 1 aromatic rings. The van der Waals surface area contributed by atoms with E-state index in [1.54, 1.807) is 7.11 Å². The fourth-order valence-electron chi connectivity index (χ4n) is 2.53. The molecule has 0 amide bonds. The van der Waals surface area contributed by atoms with E-state index in [4.69, 9.17) is 16.3 Å². The Morgan fingerprint density at radius 3 is 2.94 bits per heavy atom. The van der Waals surface area contributed by atoms with Crippen molar-refractivity contribution in [2.75, 3.05) is 7.11 Å². The van der Waals surface area contributed by atoms with Crippen LogP contribution in [-0.2, 0) is 11.2 Å². The molecule has 2 rings (SSSR count). The van der Waals surface area contributed by atoms with E-state index in [9.17, 15) is 0 Å². The molecule has 3 atom stereocenters. The largest absolute Gasteiger partial charge is 0.382 e. The minimum atomic E-state index is 0.155. The molecule has 88 valence electrons. The Bertz CT molecular complexity index is 350. The normalized spacial score (nSPS) is 26.2. The highest BCUT2D eigenvalue weighted by Gasteiger charge is 2.28. The second kappa shape index (κ2) is 5.20. The van der Waals surface area contributed by atoms with Crippen LogP contribution in [0, 0.1) is 5.92 Å². The van der Waals surface area contributed by atoms with Crippen LogP contribution in [0.1, 0.15) is 36.3 Å². The summed E-state index contributed by atoms with van der Waals surface area (Å²) in [7, 11) is 1.77. The maximum Gasteiger partial charge on any atom is 0.0617 e. The Kier molecular flexibility index (Phi) is 3.88. The Labute approximate surface area is 103 Å². The molecule has 0 saturated carbocycles. The van der Waals surface area contributed by atoms with Crippen molar-refractivity contribution in [1.29, 1.82) is 0 Å². The topological polar surface area (TPSA) is 9.23 Å². The summed E-state index contributed by atoms with van der Waals surface area (Å²) < 4.78 is 5.33. The Balaban J connectivity index is 2.12. The van der Waals surface area contributed by atoms with Gasteiger partial charge in [0.05, 0.1) is 11.5 Å². The second-order valence-corrected chi connectivity index (χ2v) is 5.15. The van der Waals surface area contributed by atoms with E-state index in [-0.39, 0.29) is 5.38 Å². The molecule has 1 aliphatic carbocycles. The third-order valence-electron chi connectivity index (χ3n) is 3.59. The number of rotatable bonds is 3. The van der Waals surface area contributed by atoms with Gasteiger partial charge in [-0.25, -0.2) is 0 Å². The van der Waals surface area contributed by atoms with Crippen molar-refractivity contribution < 1.29 is 4.74 Å². The molecule has 0 N–H and O–H groups in total. The molecule has 1 aliphatic rings. The molecular weight excluding hydrogens is 220 g/mol. The first-order chi connectivity index (χ1) is 7.72. The van der Waals surface area contributed by atoms with Crippen LogP contribution < -0.4 is 0 Å². The number of aryl methyl sites for hydroxylation is 1. The molecule has 0 spiro atoms. The number of halogens is 1. The van der Waals surface area contributed by atoms with Gasteiger partial charge < -0.3 is 4.74 Å². The van der Waals surface area contributed by atoms with Crippen molar-refractivity contribution in [2.24, 2.45) is 5.92 Å². The number of alkyl halides is 1. The summed E-state index contributed by atoms with van der Waals surface area (Å²) in [6.07, 6.45) is 3.69. The highest BCUT2D eigenvalue weighted by molar-refractivity contribution is 6.21. The van der Waals surface area contributed by atoms with Crippen molar-refractivity contribution in [2.45, 2.75) is 37.7 Å². The second-order valence-electron chi connectivity index (χ2n) is 4.68. The predicted molar refractivity (Wildman–Crippen MR) is 67.9 cm³/mol. The smallest absolute Gasteiger partial charge is 0.0617 e. The van der Waals surface area contributed by atoms with E-state index in [1.807, 2.05) is 0 Å². The summed E-state index contributed by atoms with van der Waals surface area (Å²) in [5.74, 6) is 0.548. The number of methoxy groups -OCH3 is 1. The van der Waals surface area contributed by atoms with Gasteiger partial charge in [0.1, 0.15) is 0 Å². The third-order valence-corrected chi connectivity index (χ3v) is 4.18. The van der Waals surface area contributed by atoms with Gasteiger partial charge in [0.2, 0.25) is 0 Å². The fourth-order valence-corrected chi connectivity index (χ4v) is 2.97. The average Bonchev–Trinajstić information content (AvgIpc) is 2.33. The number of ether oxygens (including phenoxy) is 1.